The fraction of sp³-hybridized carbons (Fsp3) is 0.750. The van der Waals surface area contributed by atoms with E-state index in [2.05, 4.69) is 12.2 Å². The Morgan fingerprint density at radius 1 is 1.14 bits per heavy atom. The third-order valence-electron chi connectivity index (χ3n) is 3.11. The van der Waals surface area contributed by atoms with Crippen LogP contribution in [0.25, 0.3) is 0 Å². The minimum absolute atomic E-state index is 0.0301. The minimum Gasteiger partial charge on any atom is -0.353 e. The number of alkyl halides is 1. The van der Waals surface area contributed by atoms with E-state index in [1.54, 1.807) is 13.8 Å². The van der Waals surface area contributed by atoms with Crippen LogP contribution < -0.4 is 5.32 Å². The first kappa shape index (κ1) is 20.5. The first-order chi connectivity index (χ1) is 9.94. The summed E-state index contributed by atoms with van der Waals surface area (Å²) >= 11 is 6.75. The number of thioether (sulfide) groups is 1. The molecule has 5 heteroatoms. The first-order valence-corrected chi connectivity index (χ1v) is 9.07. The highest BCUT2D eigenvalue weighted by Crippen LogP contribution is 2.25. The summed E-state index contributed by atoms with van der Waals surface area (Å²) in [5.74, 6) is 0.129. The maximum atomic E-state index is 11.8. The Hall–Kier alpha value is -0.480. The van der Waals surface area contributed by atoms with Gasteiger partial charge in [0.15, 0.2) is 5.12 Å². The van der Waals surface area contributed by atoms with E-state index >= 15 is 0 Å². The van der Waals surface area contributed by atoms with Gasteiger partial charge in [0.2, 0.25) is 5.91 Å². The molecule has 0 aromatic heterocycles. The predicted molar refractivity (Wildman–Crippen MR) is 92.6 cm³/mol. The average molecular weight is 334 g/mol. The number of hydrogen-bond donors (Lipinski definition) is 1. The summed E-state index contributed by atoms with van der Waals surface area (Å²) in [6.07, 6.45) is 8.62. The minimum atomic E-state index is -0.564. The zero-order valence-corrected chi connectivity index (χ0v) is 15.0. The fourth-order valence-corrected chi connectivity index (χ4v) is 2.45. The van der Waals surface area contributed by atoms with E-state index in [4.69, 9.17) is 11.6 Å². The third-order valence-corrected chi connectivity index (χ3v) is 4.82. The topological polar surface area (TPSA) is 46.2 Å². The van der Waals surface area contributed by atoms with Crippen molar-refractivity contribution >= 4 is 34.4 Å². The van der Waals surface area contributed by atoms with Crippen LogP contribution in [0.15, 0.2) is 11.5 Å². The Morgan fingerprint density at radius 3 is 2.38 bits per heavy atom. The quantitative estimate of drug-likeness (QED) is 0.344. The van der Waals surface area contributed by atoms with Crippen molar-refractivity contribution in [2.24, 2.45) is 5.41 Å². The van der Waals surface area contributed by atoms with Gasteiger partial charge in [0.25, 0.3) is 0 Å². The number of carbonyl (C=O) groups excluding carboxylic acids is 2. The molecule has 0 spiro atoms. The van der Waals surface area contributed by atoms with Crippen molar-refractivity contribution in [2.75, 3.05) is 12.4 Å². The highest BCUT2D eigenvalue weighted by atomic mass is 35.5. The number of amides is 1. The van der Waals surface area contributed by atoms with Gasteiger partial charge in [-0.1, -0.05) is 64.6 Å². The molecular formula is C16H28ClNO2S. The standard InChI is InChI=1S/C16H28ClNO2S/c1-4-5-6-7-8-9-11-18-14(19)10-12-21-15(20)16(2,3)13-17/h10,12H,4-9,11,13H2,1-3H3,(H,18,19). The molecule has 0 aromatic rings. The van der Waals surface area contributed by atoms with E-state index in [1.165, 1.54) is 37.2 Å². The molecular weight excluding hydrogens is 306 g/mol. The second-order valence-electron chi connectivity index (χ2n) is 5.78. The molecule has 0 heterocycles. The Bertz CT molecular complexity index is 343. The van der Waals surface area contributed by atoms with Gasteiger partial charge < -0.3 is 5.32 Å². The van der Waals surface area contributed by atoms with Crippen molar-refractivity contribution in [3.05, 3.63) is 11.5 Å². The normalized spacial score (nSPS) is 11.8. The van der Waals surface area contributed by atoms with Crippen molar-refractivity contribution in [3.63, 3.8) is 0 Å². The van der Waals surface area contributed by atoms with Gasteiger partial charge in [-0.15, -0.1) is 11.6 Å². The number of halogens is 1. The molecule has 0 aliphatic heterocycles. The molecule has 0 bridgehead atoms. The lowest BCUT2D eigenvalue weighted by Gasteiger charge is -2.17. The number of unbranched alkanes of at least 4 members (excludes halogenated alkanes) is 5. The second kappa shape index (κ2) is 12.1. The molecule has 0 unspecified atom stereocenters. The summed E-state index contributed by atoms with van der Waals surface area (Å²) in [5, 5.41) is 4.33. The van der Waals surface area contributed by atoms with Gasteiger partial charge in [-0.25, -0.2) is 0 Å². The Kier molecular flexibility index (Phi) is 11.8. The van der Waals surface area contributed by atoms with Crippen LogP contribution in [0.4, 0.5) is 0 Å². The van der Waals surface area contributed by atoms with Crippen LogP contribution in [0.3, 0.4) is 0 Å². The molecule has 0 saturated carbocycles. The maximum absolute atomic E-state index is 11.8. The molecule has 0 saturated heterocycles. The largest absolute Gasteiger partial charge is 0.353 e. The number of nitrogens with one attached hydrogen (secondary N) is 1. The zero-order chi connectivity index (χ0) is 16.1. The highest BCUT2D eigenvalue weighted by Gasteiger charge is 2.25. The van der Waals surface area contributed by atoms with Gasteiger partial charge in [0.05, 0.1) is 0 Å². The van der Waals surface area contributed by atoms with E-state index in [9.17, 15) is 9.59 Å². The molecule has 3 nitrogen and oxygen atoms in total. The Balaban J connectivity index is 3.70. The number of rotatable bonds is 11. The lowest BCUT2D eigenvalue weighted by atomic mass is 9.99. The van der Waals surface area contributed by atoms with Gasteiger partial charge in [-0.05, 0) is 11.8 Å². The lowest BCUT2D eigenvalue weighted by Crippen LogP contribution is -2.23. The van der Waals surface area contributed by atoms with Crippen LogP contribution >= 0.6 is 23.4 Å². The van der Waals surface area contributed by atoms with Gasteiger partial charge >= 0.3 is 0 Å². The van der Waals surface area contributed by atoms with E-state index < -0.39 is 5.41 Å². The number of hydrogen-bond acceptors (Lipinski definition) is 3. The zero-order valence-electron chi connectivity index (χ0n) is 13.4. The van der Waals surface area contributed by atoms with Crippen molar-refractivity contribution in [2.45, 2.75) is 59.3 Å². The summed E-state index contributed by atoms with van der Waals surface area (Å²) in [7, 11) is 0. The van der Waals surface area contributed by atoms with Crippen LogP contribution in [0.2, 0.25) is 0 Å². The first-order valence-electron chi connectivity index (χ1n) is 7.65. The molecule has 0 aliphatic rings. The smallest absolute Gasteiger partial charge is 0.244 e. The van der Waals surface area contributed by atoms with Gasteiger partial charge in [0, 0.05) is 23.9 Å². The molecule has 1 amide bonds. The summed E-state index contributed by atoms with van der Waals surface area (Å²) in [5.41, 5.74) is -0.564. The summed E-state index contributed by atoms with van der Waals surface area (Å²) in [6, 6.07) is 0. The molecule has 0 aromatic carbocycles. The molecule has 0 atom stereocenters. The molecule has 122 valence electrons. The lowest BCUT2D eigenvalue weighted by molar-refractivity contribution is -0.117. The molecule has 0 rings (SSSR count). The molecule has 0 aliphatic carbocycles. The second-order valence-corrected chi connectivity index (χ2v) is 6.93. The van der Waals surface area contributed by atoms with E-state index in [0.29, 0.717) is 6.54 Å². The Labute approximate surface area is 138 Å². The van der Waals surface area contributed by atoms with Crippen molar-refractivity contribution in [1.29, 1.82) is 0 Å². The SMILES string of the molecule is CCCCCCCCNC(=O)C=CSC(=O)C(C)(C)CCl. The van der Waals surface area contributed by atoms with Crippen LogP contribution in [0.5, 0.6) is 0 Å². The van der Waals surface area contributed by atoms with Crippen LogP contribution in [0, 0.1) is 5.41 Å². The van der Waals surface area contributed by atoms with E-state index in [-0.39, 0.29) is 16.9 Å². The van der Waals surface area contributed by atoms with E-state index in [1.807, 2.05) is 0 Å². The average Bonchev–Trinajstić information content (AvgIpc) is 2.46. The Morgan fingerprint density at radius 2 is 1.76 bits per heavy atom. The maximum Gasteiger partial charge on any atom is 0.244 e. The van der Waals surface area contributed by atoms with Crippen LogP contribution in [0.1, 0.15) is 59.3 Å². The van der Waals surface area contributed by atoms with Crippen molar-refractivity contribution in [3.8, 4) is 0 Å². The van der Waals surface area contributed by atoms with Gasteiger partial charge in [0.1, 0.15) is 0 Å². The molecule has 1 N–H and O–H groups in total. The van der Waals surface area contributed by atoms with Gasteiger partial charge in [-0.2, -0.15) is 0 Å². The third kappa shape index (κ3) is 10.8. The monoisotopic (exact) mass is 333 g/mol. The van der Waals surface area contributed by atoms with Crippen molar-refractivity contribution < 1.29 is 9.59 Å². The fourth-order valence-electron chi connectivity index (χ4n) is 1.55. The van der Waals surface area contributed by atoms with Gasteiger partial charge in [-0.3, -0.25) is 9.59 Å². The molecule has 0 radical (unpaired) electrons. The van der Waals surface area contributed by atoms with Crippen LogP contribution in [-0.4, -0.2) is 23.4 Å². The summed E-state index contributed by atoms with van der Waals surface area (Å²) in [4.78, 5) is 23.3. The highest BCUT2D eigenvalue weighted by molar-refractivity contribution is 8.16. The molecule has 21 heavy (non-hydrogen) atoms. The molecule has 0 fully saturated rings. The van der Waals surface area contributed by atoms with Crippen molar-refractivity contribution in [1.82, 2.24) is 5.32 Å². The number of carbonyl (C=O) groups is 2. The van der Waals surface area contributed by atoms with Crippen LogP contribution in [-0.2, 0) is 9.59 Å². The van der Waals surface area contributed by atoms with E-state index in [0.717, 1.165) is 24.6 Å². The summed E-state index contributed by atoms with van der Waals surface area (Å²) < 4.78 is 0. The summed E-state index contributed by atoms with van der Waals surface area (Å²) in [6.45, 7) is 6.48. The predicted octanol–water partition coefficient (Wildman–Crippen LogP) is 4.50.